The highest BCUT2D eigenvalue weighted by Crippen LogP contribution is 2.29. The van der Waals surface area contributed by atoms with Gasteiger partial charge in [-0.25, -0.2) is 4.79 Å². The largest absolute Gasteiger partial charge is 0.497 e. The van der Waals surface area contributed by atoms with E-state index in [1.807, 2.05) is 66.7 Å². The average molecular weight is 449 g/mol. The summed E-state index contributed by atoms with van der Waals surface area (Å²) in [5.74, 6) is 1.26. The lowest BCUT2D eigenvalue weighted by molar-refractivity contribution is 0.236. The van der Waals surface area contributed by atoms with Gasteiger partial charge in [0.15, 0.2) is 0 Å². The summed E-state index contributed by atoms with van der Waals surface area (Å²) in [6.07, 6.45) is 0. The fraction of sp³-hybridized carbons (Fsp3) is 0.125. The minimum atomic E-state index is -0.634. The minimum absolute atomic E-state index is 0.252. The van der Waals surface area contributed by atoms with Crippen molar-refractivity contribution in [1.29, 1.82) is 0 Å². The Bertz CT molecular complexity index is 1200. The van der Waals surface area contributed by atoms with Crippen molar-refractivity contribution in [3.8, 4) is 17.2 Å². The lowest BCUT2D eigenvalue weighted by Crippen LogP contribution is -2.38. The van der Waals surface area contributed by atoms with E-state index in [9.17, 15) is 4.79 Å². The molecule has 2 amide bonds. The number of urea groups is 1. The molecule has 1 atom stereocenters. The number of benzene rings is 3. The SMILES string of the molecule is COc1cccc(CNC(=O)N[C@@H](c2ccccc2)c2nnc(-c3ccccc3Cl)o2)c1. The number of nitrogens with one attached hydrogen (secondary N) is 2. The van der Waals surface area contributed by atoms with Crippen LogP contribution in [0.2, 0.25) is 5.02 Å². The summed E-state index contributed by atoms with van der Waals surface area (Å²) in [7, 11) is 1.60. The number of hydrogen-bond donors (Lipinski definition) is 2. The molecule has 0 fully saturated rings. The van der Waals surface area contributed by atoms with Crippen LogP contribution in [-0.2, 0) is 6.54 Å². The van der Waals surface area contributed by atoms with Gasteiger partial charge in [-0.3, -0.25) is 0 Å². The molecule has 0 spiro atoms. The zero-order valence-electron chi connectivity index (χ0n) is 17.3. The summed E-state index contributed by atoms with van der Waals surface area (Å²) in [6.45, 7) is 0.333. The molecule has 0 aliphatic heterocycles. The Morgan fingerprint density at radius 1 is 1.03 bits per heavy atom. The zero-order valence-corrected chi connectivity index (χ0v) is 18.0. The molecule has 0 radical (unpaired) electrons. The van der Waals surface area contributed by atoms with Crippen LogP contribution >= 0.6 is 11.6 Å². The molecule has 3 aromatic carbocycles. The molecule has 0 aliphatic carbocycles. The Morgan fingerprint density at radius 2 is 1.81 bits per heavy atom. The smallest absolute Gasteiger partial charge is 0.315 e. The molecule has 0 unspecified atom stereocenters. The topological polar surface area (TPSA) is 89.3 Å². The number of amides is 2. The fourth-order valence-electron chi connectivity index (χ4n) is 3.17. The van der Waals surface area contributed by atoms with E-state index in [1.165, 1.54) is 0 Å². The highest BCUT2D eigenvalue weighted by molar-refractivity contribution is 6.33. The molecule has 0 bridgehead atoms. The number of hydrogen-bond acceptors (Lipinski definition) is 5. The number of rotatable bonds is 7. The summed E-state index contributed by atoms with van der Waals surface area (Å²) in [4.78, 5) is 12.7. The molecular formula is C24H21ClN4O3. The molecule has 7 nitrogen and oxygen atoms in total. The first kappa shape index (κ1) is 21.4. The third kappa shape index (κ3) is 5.07. The lowest BCUT2D eigenvalue weighted by atomic mass is 10.1. The molecule has 162 valence electrons. The molecule has 1 aromatic heterocycles. The minimum Gasteiger partial charge on any atom is -0.497 e. The van der Waals surface area contributed by atoms with E-state index in [2.05, 4.69) is 20.8 Å². The molecule has 32 heavy (non-hydrogen) atoms. The van der Waals surface area contributed by atoms with E-state index >= 15 is 0 Å². The van der Waals surface area contributed by atoms with E-state index in [4.69, 9.17) is 20.8 Å². The van der Waals surface area contributed by atoms with E-state index in [0.29, 0.717) is 17.1 Å². The van der Waals surface area contributed by atoms with Gasteiger partial charge in [-0.2, -0.15) is 0 Å². The van der Waals surface area contributed by atoms with Gasteiger partial charge in [0.2, 0.25) is 11.8 Å². The van der Waals surface area contributed by atoms with Crippen LogP contribution in [-0.4, -0.2) is 23.3 Å². The maximum absolute atomic E-state index is 12.7. The van der Waals surface area contributed by atoms with Gasteiger partial charge < -0.3 is 19.8 Å². The number of methoxy groups -OCH3 is 1. The molecule has 0 aliphatic rings. The molecular weight excluding hydrogens is 428 g/mol. The van der Waals surface area contributed by atoms with E-state index < -0.39 is 6.04 Å². The first-order valence-corrected chi connectivity index (χ1v) is 10.3. The molecule has 0 saturated heterocycles. The maximum atomic E-state index is 12.7. The Labute approximate surface area is 190 Å². The van der Waals surface area contributed by atoms with Crippen LogP contribution in [0.1, 0.15) is 23.1 Å². The Balaban J connectivity index is 1.53. The Kier molecular flexibility index (Phi) is 6.67. The van der Waals surface area contributed by atoms with Gasteiger partial charge >= 0.3 is 6.03 Å². The van der Waals surface area contributed by atoms with Gasteiger partial charge in [0.05, 0.1) is 17.7 Å². The molecule has 4 aromatic rings. The van der Waals surface area contributed by atoms with E-state index in [-0.39, 0.29) is 17.8 Å². The van der Waals surface area contributed by atoms with Crippen molar-refractivity contribution in [2.24, 2.45) is 0 Å². The second-order valence-electron chi connectivity index (χ2n) is 6.95. The maximum Gasteiger partial charge on any atom is 0.315 e. The number of nitrogens with zero attached hydrogens (tertiary/aromatic N) is 2. The Morgan fingerprint density at radius 3 is 2.59 bits per heavy atom. The first-order valence-electron chi connectivity index (χ1n) is 9.94. The van der Waals surface area contributed by atoms with Crippen molar-refractivity contribution < 1.29 is 13.9 Å². The summed E-state index contributed by atoms with van der Waals surface area (Å²) in [5.41, 5.74) is 2.34. The predicted octanol–water partition coefficient (Wildman–Crippen LogP) is 4.99. The summed E-state index contributed by atoms with van der Waals surface area (Å²) in [6, 6.07) is 23.1. The van der Waals surface area contributed by atoms with Crippen molar-refractivity contribution in [3.63, 3.8) is 0 Å². The Hall–Kier alpha value is -3.84. The number of carbonyl (C=O) groups excluding carboxylic acids is 1. The van der Waals surface area contributed by atoms with Crippen molar-refractivity contribution in [3.05, 3.63) is 101 Å². The number of carbonyl (C=O) groups is 1. The average Bonchev–Trinajstić information content (AvgIpc) is 3.32. The number of halogens is 1. The third-order valence-electron chi connectivity index (χ3n) is 4.79. The van der Waals surface area contributed by atoms with Crippen LogP contribution in [0.3, 0.4) is 0 Å². The lowest BCUT2D eigenvalue weighted by Gasteiger charge is -2.16. The zero-order chi connectivity index (χ0) is 22.3. The highest BCUT2D eigenvalue weighted by Gasteiger charge is 2.24. The quantitative estimate of drug-likeness (QED) is 0.416. The van der Waals surface area contributed by atoms with Gasteiger partial charge in [0.25, 0.3) is 0 Å². The molecule has 4 rings (SSSR count). The first-order chi connectivity index (χ1) is 15.6. The molecule has 1 heterocycles. The summed E-state index contributed by atoms with van der Waals surface area (Å²) in [5, 5.41) is 14.6. The molecule has 0 saturated carbocycles. The van der Waals surface area contributed by atoms with Crippen LogP contribution in [0.4, 0.5) is 4.79 Å². The van der Waals surface area contributed by atoms with Gasteiger partial charge in [0.1, 0.15) is 11.8 Å². The van der Waals surface area contributed by atoms with Crippen molar-refractivity contribution in [2.45, 2.75) is 12.6 Å². The normalized spacial score (nSPS) is 11.6. The standard InChI is InChI=1S/C24H21ClN4O3/c1-31-18-11-7-8-16(14-18)15-26-24(30)27-21(17-9-3-2-4-10-17)23-29-28-22(32-23)19-12-5-6-13-20(19)25/h2-14,21H,15H2,1H3,(H2,26,27,30)/t21-/m0/s1. The van der Waals surface area contributed by atoms with E-state index in [1.54, 1.807) is 19.2 Å². The van der Waals surface area contributed by atoms with Crippen LogP contribution in [0.15, 0.2) is 83.3 Å². The van der Waals surface area contributed by atoms with Gasteiger partial charge in [-0.05, 0) is 35.4 Å². The number of ether oxygens (including phenoxy) is 1. The van der Waals surface area contributed by atoms with Crippen LogP contribution in [0, 0.1) is 0 Å². The van der Waals surface area contributed by atoms with Crippen molar-refractivity contribution in [2.75, 3.05) is 7.11 Å². The predicted molar refractivity (Wildman–Crippen MR) is 121 cm³/mol. The van der Waals surface area contributed by atoms with Crippen LogP contribution < -0.4 is 15.4 Å². The second-order valence-corrected chi connectivity index (χ2v) is 7.35. The van der Waals surface area contributed by atoms with Gasteiger partial charge in [0, 0.05) is 6.54 Å². The molecule has 2 N–H and O–H groups in total. The monoisotopic (exact) mass is 448 g/mol. The van der Waals surface area contributed by atoms with Crippen molar-refractivity contribution in [1.82, 2.24) is 20.8 Å². The van der Waals surface area contributed by atoms with Gasteiger partial charge in [-0.1, -0.05) is 66.2 Å². The molecule has 8 heteroatoms. The van der Waals surface area contributed by atoms with Crippen LogP contribution in [0.25, 0.3) is 11.5 Å². The fourth-order valence-corrected chi connectivity index (χ4v) is 3.39. The number of aromatic nitrogens is 2. The summed E-state index contributed by atoms with van der Waals surface area (Å²) >= 11 is 6.25. The second kappa shape index (κ2) is 9.98. The highest BCUT2D eigenvalue weighted by atomic mass is 35.5. The third-order valence-corrected chi connectivity index (χ3v) is 5.12. The summed E-state index contributed by atoms with van der Waals surface area (Å²) < 4.78 is 11.1. The van der Waals surface area contributed by atoms with Crippen molar-refractivity contribution >= 4 is 17.6 Å². The van der Waals surface area contributed by atoms with Crippen LogP contribution in [0.5, 0.6) is 5.75 Å². The van der Waals surface area contributed by atoms with E-state index in [0.717, 1.165) is 16.9 Å². The van der Waals surface area contributed by atoms with Gasteiger partial charge in [-0.15, -0.1) is 10.2 Å².